The van der Waals surface area contributed by atoms with Crippen LogP contribution in [0.2, 0.25) is 0 Å². The largest absolute Gasteiger partial charge is 0.370 e. The van der Waals surface area contributed by atoms with Crippen molar-refractivity contribution >= 4 is 23.1 Å². The zero-order valence-electron chi connectivity index (χ0n) is 15.8. The van der Waals surface area contributed by atoms with Crippen LogP contribution in [0.3, 0.4) is 0 Å². The van der Waals surface area contributed by atoms with Gasteiger partial charge in [0.2, 0.25) is 0 Å². The zero-order chi connectivity index (χ0) is 19.6. The van der Waals surface area contributed by atoms with Crippen molar-refractivity contribution in [3.8, 4) is 0 Å². The molecular weight excluding hydrogens is 358 g/mol. The Morgan fingerprint density at radius 1 is 1.07 bits per heavy atom. The number of nitrogens with zero attached hydrogens (tertiary/aromatic N) is 2. The first-order valence-corrected chi connectivity index (χ1v) is 9.45. The van der Waals surface area contributed by atoms with Gasteiger partial charge in [-0.15, -0.1) is 0 Å². The molecule has 2 aromatic rings. The van der Waals surface area contributed by atoms with E-state index in [4.69, 9.17) is 9.47 Å². The first-order valence-electron chi connectivity index (χ1n) is 9.45. The molecule has 0 aliphatic carbocycles. The minimum absolute atomic E-state index is 0.0437. The Bertz CT molecular complexity index is 883. The highest BCUT2D eigenvalue weighted by Crippen LogP contribution is 2.33. The number of hydrogen-bond donors (Lipinski definition) is 1. The smallest absolute Gasteiger partial charge is 0.257 e. The summed E-state index contributed by atoms with van der Waals surface area (Å²) in [5.74, 6) is -0.732. The van der Waals surface area contributed by atoms with Crippen molar-refractivity contribution in [3.05, 3.63) is 53.9 Å². The number of carbonyl (C=O) groups excluding carboxylic acids is 2. The Morgan fingerprint density at radius 3 is 2.54 bits per heavy atom. The van der Waals surface area contributed by atoms with Crippen molar-refractivity contribution in [2.45, 2.75) is 25.6 Å². The molecule has 7 nitrogen and oxygen atoms in total. The Labute approximate surface area is 163 Å². The van der Waals surface area contributed by atoms with Gasteiger partial charge < -0.3 is 19.7 Å². The van der Waals surface area contributed by atoms with Crippen LogP contribution in [0.15, 0.2) is 42.7 Å². The fourth-order valence-electron chi connectivity index (χ4n) is 3.64. The molecule has 2 fully saturated rings. The summed E-state index contributed by atoms with van der Waals surface area (Å²) in [6, 6.07) is 8.74. The maximum absolute atomic E-state index is 12.6. The highest BCUT2D eigenvalue weighted by atomic mass is 16.7. The molecule has 28 heavy (non-hydrogen) atoms. The number of rotatable bonds is 4. The number of pyridine rings is 1. The maximum Gasteiger partial charge on any atom is 0.257 e. The Balaban J connectivity index is 1.44. The van der Waals surface area contributed by atoms with E-state index in [0.29, 0.717) is 30.0 Å². The third-order valence-corrected chi connectivity index (χ3v) is 5.22. The van der Waals surface area contributed by atoms with Gasteiger partial charge in [0.25, 0.3) is 5.91 Å². The van der Waals surface area contributed by atoms with Crippen molar-refractivity contribution in [1.82, 2.24) is 4.98 Å². The fraction of sp³-hybridized carbons (Fsp3) is 0.381. The standard InChI is InChI=1S/C21H23N3O4/c1-15(25)16-3-2-4-18(11-16)23-20(26)17-12-19(14-22-13-17)24-7-5-21(6-8-24)27-9-10-28-21/h2-4,11-14H,5-10H2,1H3,(H,23,26). The van der Waals surface area contributed by atoms with Crippen LogP contribution in [0, 0.1) is 0 Å². The van der Waals surface area contributed by atoms with Crippen molar-refractivity contribution in [1.29, 1.82) is 0 Å². The summed E-state index contributed by atoms with van der Waals surface area (Å²) >= 11 is 0. The first kappa shape index (κ1) is 18.6. The maximum atomic E-state index is 12.6. The van der Waals surface area contributed by atoms with E-state index in [0.717, 1.165) is 31.6 Å². The average molecular weight is 381 g/mol. The Morgan fingerprint density at radius 2 is 1.82 bits per heavy atom. The topological polar surface area (TPSA) is 80.8 Å². The number of Topliss-reactive ketones (excluding diaryl/α,β-unsaturated/α-hetero) is 1. The van der Waals surface area contributed by atoms with Crippen LogP contribution in [-0.2, 0) is 9.47 Å². The number of ketones is 1. The van der Waals surface area contributed by atoms with E-state index in [1.54, 1.807) is 36.7 Å². The number of ether oxygens (including phenoxy) is 2. The summed E-state index contributed by atoms with van der Waals surface area (Å²) in [6.07, 6.45) is 4.90. The molecule has 2 aliphatic rings. The van der Waals surface area contributed by atoms with Crippen LogP contribution < -0.4 is 10.2 Å². The van der Waals surface area contributed by atoms with Gasteiger partial charge in [-0.05, 0) is 25.1 Å². The van der Waals surface area contributed by atoms with Crippen molar-refractivity contribution in [2.75, 3.05) is 36.5 Å². The molecule has 2 aliphatic heterocycles. The summed E-state index contributed by atoms with van der Waals surface area (Å²) in [5.41, 5.74) is 2.51. The summed E-state index contributed by atoms with van der Waals surface area (Å²) in [5, 5.41) is 2.83. The number of anilines is 2. The predicted molar refractivity (Wildman–Crippen MR) is 105 cm³/mol. The molecule has 1 N–H and O–H groups in total. The van der Waals surface area contributed by atoms with E-state index in [-0.39, 0.29) is 11.7 Å². The number of nitrogens with one attached hydrogen (secondary N) is 1. The van der Waals surface area contributed by atoms with E-state index in [9.17, 15) is 9.59 Å². The van der Waals surface area contributed by atoms with Crippen LogP contribution in [0.25, 0.3) is 0 Å². The SMILES string of the molecule is CC(=O)c1cccc(NC(=O)c2cncc(N3CCC4(CC3)OCCO4)c2)c1. The highest BCUT2D eigenvalue weighted by Gasteiger charge is 2.39. The van der Waals surface area contributed by atoms with Gasteiger partial charge in [-0.1, -0.05) is 12.1 Å². The van der Waals surface area contributed by atoms with Crippen LogP contribution in [-0.4, -0.2) is 48.8 Å². The molecule has 0 unspecified atom stereocenters. The lowest BCUT2D eigenvalue weighted by Crippen LogP contribution is -2.45. The van der Waals surface area contributed by atoms with E-state index in [1.807, 2.05) is 6.07 Å². The molecule has 1 aromatic carbocycles. The molecule has 1 amide bonds. The van der Waals surface area contributed by atoms with Gasteiger partial charge in [-0.25, -0.2) is 0 Å². The molecule has 146 valence electrons. The second kappa shape index (κ2) is 7.69. The lowest BCUT2D eigenvalue weighted by molar-refractivity contribution is -0.169. The molecule has 2 saturated heterocycles. The monoisotopic (exact) mass is 381 g/mol. The number of benzene rings is 1. The van der Waals surface area contributed by atoms with Crippen molar-refractivity contribution < 1.29 is 19.1 Å². The van der Waals surface area contributed by atoms with Crippen molar-refractivity contribution in [3.63, 3.8) is 0 Å². The van der Waals surface area contributed by atoms with Gasteiger partial charge >= 0.3 is 0 Å². The van der Waals surface area contributed by atoms with Crippen LogP contribution >= 0.6 is 0 Å². The lowest BCUT2D eigenvalue weighted by Gasteiger charge is -2.38. The van der Waals surface area contributed by atoms with Crippen molar-refractivity contribution in [2.24, 2.45) is 0 Å². The van der Waals surface area contributed by atoms with Gasteiger partial charge in [-0.3, -0.25) is 14.6 Å². The molecular formula is C21H23N3O4. The van der Waals surface area contributed by atoms with Crippen LogP contribution in [0.5, 0.6) is 0 Å². The lowest BCUT2D eigenvalue weighted by atomic mass is 10.0. The third-order valence-electron chi connectivity index (χ3n) is 5.22. The number of hydrogen-bond acceptors (Lipinski definition) is 6. The minimum Gasteiger partial charge on any atom is -0.370 e. The van der Waals surface area contributed by atoms with Gasteiger partial charge in [-0.2, -0.15) is 0 Å². The van der Waals surface area contributed by atoms with Gasteiger partial charge in [0.1, 0.15) is 0 Å². The Kier molecular flexibility index (Phi) is 5.11. The van der Waals surface area contributed by atoms with E-state index in [1.165, 1.54) is 6.92 Å². The molecule has 7 heteroatoms. The number of piperidine rings is 1. The fourth-order valence-corrected chi connectivity index (χ4v) is 3.64. The van der Waals surface area contributed by atoms with E-state index < -0.39 is 5.79 Å². The molecule has 0 radical (unpaired) electrons. The van der Waals surface area contributed by atoms with Crippen LogP contribution in [0.4, 0.5) is 11.4 Å². The number of carbonyl (C=O) groups is 2. The predicted octanol–water partition coefficient (Wildman–Crippen LogP) is 2.88. The Hall–Kier alpha value is -2.77. The molecule has 0 bridgehead atoms. The van der Waals surface area contributed by atoms with E-state index in [2.05, 4.69) is 15.2 Å². The molecule has 1 spiro atoms. The first-order chi connectivity index (χ1) is 13.5. The summed E-state index contributed by atoms with van der Waals surface area (Å²) in [6.45, 7) is 4.38. The zero-order valence-corrected chi connectivity index (χ0v) is 15.8. The minimum atomic E-state index is -0.430. The molecule has 1 aromatic heterocycles. The summed E-state index contributed by atoms with van der Waals surface area (Å²) < 4.78 is 11.5. The molecule has 0 atom stereocenters. The normalized spacial score (nSPS) is 18.2. The van der Waals surface area contributed by atoms with Gasteiger partial charge in [0.05, 0.1) is 30.7 Å². The van der Waals surface area contributed by atoms with Gasteiger partial charge in [0.15, 0.2) is 11.6 Å². The summed E-state index contributed by atoms with van der Waals surface area (Å²) in [4.78, 5) is 30.6. The average Bonchev–Trinajstić information content (AvgIpc) is 3.17. The second-order valence-electron chi connectivity index (χ2n) is 7.12. The molecule has 3 heterocycles. The van der Waals surface area contributed by atoms with E-state index >= 15 is 0 Å². The quantitative estimate of drug-likeness (QED) is 0.821. The van der Waals surface area contributed by atoms with Crippen LogP contribution in [0.1, 0.15) is 40.5 Å². The number of aromatic nitrogens is 1. The molecule has 0 saturated carbocycles. The summed E-state index contributed by atoms with van der Waals surface area (Å²) in [7, 11) is 0. The molecule has 4 rings (SSSR count). The second-order valence-corrected chi connectivity index (χ2v) is 7.12. The number of amides is 1. The third kappa shape index (κ3) is 3.90. The van der Waals surface area contributed by atoms with Gasteiger partial charge in [0, 0.05) is 43.4 Å². The highest BCUT2D eigenvalue weighted by molar-refractivity contribution is 6.05.